The smallest absolute Gasteiger partial charge is 0.307 e. The maximum atomic E-state index is 12.4. The summed E-state index contributed by atoms with van der Waals surface area (Å²) in [4.78, 5) is 23.6. The molecule has 24 heavy (non-hydrogen) atoms. The Morgan fingerprint density at radius 2 is 2.08 bits per heavy atom. The van der Waals surface area contributed by atoms with Gasteiger partial charge in [-0.15, -0.1) is 5.10 Å². The first-order chi connectivity index (χ1) is 11.4. The van der Waals surface area contributed by atoms with Crippen molar-refractivity contribution in [2.24, 2.45) is 17.3 Å². The number of ether oxygens (including phenoxy) is 1. The molecule has 3 rings (SSSR count). The van der Waals surface area contributed by atoms with Gasteiger partial charge in [0, 0.05) is 5.69 Å². The molecule has 1 aliphatic carbocycles. The molecule has 9 heteroatoms. The van der Waals surface area contributed by atoms with E-state index in [1.165, 1.54) is 18.1 Å². The van der Waals surface area contributed by atoms with Gasteiger partial charge in [-0.05, 0) is 34.0 Å². The van der Waals surface area contributed by atoms with Crippen LogP contribution in [0.15, 0.2) is 24.5 Å². The summed E-state index contributed by atoms with van der Waals surface area (Å²) in [7, 11) is 1.52. The fourth-order valence-corrected chi connectivity index (χ4v) is 3.03. The molecule has 0 unspecified atom stereocenters. The number of nitrogens with one attached hydrogen (secondary N) is 1. The summed E-state index contributed by atoms with van der Waals surface area (Å²) >= 11 is 0. The van der Waals surface area contributed by atoms with E-state index in [-0.39, 0.29) is 5.91 Å². The third-order valence-electron chi connectivity index (χ3n) is 4.42. The second-order valence-electron chi connectivity index (χ2n) is 6.25. The van der Waals surface area contributed by atoms with Gasteiger partial charge in [-0.25, -0.2) is 0 Å². The highest BCUT2D eigenvalue weighted by molar-refractivity contribution is 5.99. The molecule has 1 aromatic heterocycles. The number of aliphatic carboxylic acids is 1. The first-order valence-electron chi connectivity index (χ1n) is 7.31. The highest BCUT2D eigenvalue weighted by Gasteiger charge is 2.65. The van der Waals surface area contributed by atoms with E-state index in [2.05, 4.69) is 20.8 Å². The third-order valence-corrected chi connectivity index (χ3v) is 4.42. The van der Waals surface area contributed by atoms with Crippen molar-refractivity contribution >= 4 is 17.6 Å². The Balaban J connectivity index is 1.83. The summed E-state index contributed by atoms with van der Waals surface area (Å²) in [6, 6.07) is 5.02. The van der Waals surface area contributed by atoms with Crippen LogP contribution in [0.4, 0.5) is 5.69 Å². The molecule has 2 N–H and O–H groups in total. The maximum Gasteiger partial charge on any atom is 0.307 e. The molecule has 0 spiro atoms. The minimum absolute atomic E-state index is 0.319. The molecule has 1 aliphatic rings. The molecular formula is C15H17N5O4. The monoisotopic (exact) mass is 331 g/mol. The number of carbonyl (C=O) groups is 2. The highest BCUT2D eigenvalue weighted by Crippen LogP contribution is 2.58. The second-order valence-corrected chi connectivity index (χ2v) is 6.25. The van der Waals surface area contributed by atoms with Crippen LogP contribution >= 0.6 is 0 Å². The molecule has 1 amide bonds. The predicted octanol–water partition coefficient (Wildman–Crippen LogP) is 0.966. The number of amides is 1. The number of anilines is 1. The van der Waals surface area contributed by atoms with E-state index in [0.717, 1.165) is 0 Å². The average Bonchev–Trinajstić information content (AvgIpc) is 2.89. The average molecular weight is 331 g/mol. The van der Waals surface area contributed by atoms with Gasteiger partial charge in [-0.3, -0.25) is 9.59 Å². The van der Waals surface area contributed by atoms with E-state index in [9.17, 15) is 14.7 Å². The number of carboxylic acids is 1. The Hall–Kier alpha value is -2.97. The van der Waals surface area contributed by atoms with Gasteiger partial charge in [0.2, 0.25) is 5.91 Å². The molecule has 1 aromatic carbocycles. The molecule has 0 bridgehead atoms. The van der Waals surface area contributed by atoms with Crippen molar-refractivity contribution in [1.82, 2.24) is 20.2 Å². The van der Waals surface area contributed by atoms with Crippen LogP contribution in [0.5, 0.6) is 5.75 Å². The fourth-order valence-electron chi connectivity index (χ4n) is 3.03. The Morgan fingerprint density at radius 3 is 2.62 bits per heavy atom. The first kappa shape index (κ1) is 15.9. The summed E-state index contributed by atoms with van der Waals surface area (Å²) < 4.78 is 6.68. The summed E-state index contributed by atoms with van der Waals surface area (Å²) in [6.07, 6.45) is 1.41. The van der Waals surface area contributed by atoms with E-state index >= 15 is 0 Å². The molecule has 0 aliphatic heterocycles. The van der Waals surface area contributed by atoms with Crippen LogP contribution in [0.2, 0.25) is 0 Å². The van der Waals surface area contributed by atoms with Crippen LogP contribution < -0.4 is 10.1 Å². The number of benzene rings is 1. The zero-order valence-corrected chi connectivity index (χ0v) is 13.4. The normalized spacial score (nSPS) is 21.1. The van der Waals surface area contributed by atoms with Crippen LogP contribution in [0.1, 0.15) is 13.8 Å². The molecule has 1 saturated carbocycles. The number of carbonyl (C=O) groups excluding carboxylic acids is 1. The number of rotatable bonds is 5. The lowest BCUT2D eigenvalue weighted by Gasteiger charge is -2.11. The van der Waals surface area contributed by atoms with Gasteiger partial charge in [-0.1, -0.05) is 13.8 Å². The lowest BCUT2D eigenvalue weighted by atomic mass is 10.1. The molecule has 2 atom stereocenters. The number of hydrogen-bond acceptors (Lipinski definition) is 6. The standard InChI is InChI=1S/C15H17N5O4/c1-15(2)11(12(15)14(22)23)13(21)17-8-4-5-10(24-3)9(6-8)20-7-16-18-19-20/h4-7,11-12H,1-3H3,(H,17,21)(H,22,23)/t11-,12+/m0/s1. The summed E-state index contributed by atoms with van der Waals surface area (Å²) in [5.74, 6) is -1.97. The minimum atomic E-state index is -0.954. The molecule has 0 saturated heterocycles. The summed E-state index contributed by atoms with van der Waals surface area (Å²) in [5.41, 5.74) is 0.518. The van der Waals surface area contributed by atoms with Crippen molar-refractivity contribution in [1.29, 1.82) is 0 Å². The number of aromatic nitrogens is 4. The number of nitrogens with zero attached hydrogens (tertiary/aromatic N) is 4. The summed E-state index contributed by atoms with van der Waals surface area (Å²) in [6.45, 7) is 3.55. The van der Waals surface area contributed by atoms with E-state index < -0.39 is 23.2 Å². The van der Waals surface area contributed by atoms with Gasteiger partial charge < -0.3 is 15.2 Å². The Kier molecular flexibility index (Phi) is 3.70. The SMILES string of the molecule is COc1ccc(NC(=O)[C@@H]2[C@H](C(=O)O)C2(C)C)cc1-n1cnnn1. The predicted molar refractivity (Wildman–Crippen MR) is 82.7 cm³/mol. The molecular weight excluding hydrogens is 314 g/mol. The van der Waals surface area contributed by atoms with Crippen LogP contribution in [0, 0.1) is 17.3 Å². The first-order valence-corrected chi connectivity index (χ1v) is 7.31. The van der Waals surface area contributed by atoms with E-state index in [0.29, 0.717) is 17.1 Å². The van der Waals surface area contributed by atoms with Crippen molar-refractivity contribution in [3.05, 3.63) is 24.5 Å². The molecule has 0 radical (unpaired) electrons. The van der Waals surface area contributed by atoms with Crippen LogP contribution in [-0.2, 0) is 9.59 Å². The summed E-state index contributed by atoms with van der Waals surface area (Å²) in [5, 5.41) is 22.9. The van der Waals surface area contributed by atoms with Gasteiger partial charge in [0.15, 0.2) is 0 Å². The molecule has 1 heterocycles. The zero-order valence-electron chi connectivity index (χ0n) is 13.4. The van der Waals surface area contributed by atoms with Gasteiger partial charge in [0.05, 0.1) is 18.9 Å². The van der Waals surface area contributed by atoms with Crippen molar-refractivity contribution in [3.63, 3.8) is 0 Å². The topological polar surface area (TPSA) is 119 Å². The Labute approximate surface area is 137 Å². The molecule has 9 nitrogen and oxygen atoms in total. The van der Waals surface area contributed by atoms with Crippen molar-refractivity contribution < 1.29 is 19.4 Å². The second kappa shape index (κ2) is 5.59. The lowest BCUT2D eigenvalue weighted by Crippen LogP contribution is -2.18. The van der Waals surface area contributed by atoms with E-state index in [4.69, 9.17) is 4.74 Å². The van der Waals surface area contributed by atoms with Gasteiger partial charge in [0.1, 0.15) is 17.8 Å². The molecule has 126 valence electrons. The quantitative estimate of drug-likeness (QED) is 0.837. The number of carboxylic acid groups (broad SMARTS) is 1. The molecule has 2 aromatic rings. The van der Waals surface area contributed by atoms with Crippen LogP contribution in [0.25, 0.3) is 5.69 Å². The van der Waals surface area contributed by atoms with Crippen LogP contribution in [0.3, 0.4) is 0 Å². The third kappa shape index (κ3) is 2.57. The maximum absolute atomic E-state index is 12.4. The van der Waals surface area contributed by atoms with E-state index in [1.54, 1.807) is 32.0 Å². The minimum Gasteiger partial charge on any atom is -0.494 e. The fraction of sp³-hybridized carbons (Fsp3) is 0.400. The van der Waals surface area contributed by atoms with Crippen molar-refractivity contribution in [3.8, 4) is 11.4 Å². The largest absolute Gasteiger partial charge is 0.494 e. The molecule has 1 fully saturated rings. The van der Waals surface area contributed by atoms with Crippen molar-refractivity contribution in [2.45, 2.75) is 13.8 Å². The van der Waals surface area contributed by atoms with Crippen LogP contribution in [-0.4, -0.2) is 44.3 Å². The van der Waals surface area contributed by atoms with Gasteiger partial charge >= 0.3 is 5.97 Å². The van der Waals surface area contributed by atoms with E-state index in [1.807, 2.05) is 0 Å². The number of tetrazole rings is 1. The van der Waals surface area contributed by atoms with Gasteiger partial charge in [0.25, 0.3) is 0 Å². The highest BCUT2D eigenvalue weighted by atomic mass is 16.5. The van der Waals surface area contributed by atoms with Crippen molar-refractivity contribution in [2.75, 3.05) is 12.4 Å². The number of hydrogen-bond donors (Lipinski definition) is 2. The number of methoxy groups -OCH3 is 1. The lowest BCUT2D eigenvalue weighted by molar-refractivity contribution is -0.140. The zero-order chi connectivity index (χ0) is 17.5. The Morgan fingerprint density at radius 1 is 1.33 bits per heavy atom. The van der Waals surface area contributed by atoms with Gasteiger partial charge in [-0.2, -0.15) is 4.68 Å². The Bertz CT molecular complexity index is 787.